The Labute approximate surface area is 125 Å². The molecule has 0 amide bonds. The number of aromatic nitrogens is 2. The molecule has 0 spiro atoms. The van der Waals surface area contributed by atoms with Gasteiger partial charge in [0, 0.05) is 24.0 Å². The lowest BCUT2D eigenvalue weighted by molar-refractivity contribution is -0.141. The average Bonchev–Trinajstić information content (AvgIpc) is 2.79. The molecular weight excluding hydrogens is 303 g/mol. The molecule has 7 heteroatoms. The summed E-state index contributed by atoms with van der Waals surface area (Å²) in [5.74, 6) is 0. The minimum atomic E-state index is -4.46. The number of aryl methyl sites for hydroxylation is 1. The molecular formula is C14H13ClF3N3. The monoisotopic (exact) mass is 315 g/mol. The maximum Gasteiger partial charge on any atom is 0.433 e. The molecule has 2 aromatic heterocycles. The van der Waals surface area contributed by atoms with Gasteiger partial charge in [0.05, 0.1) is 5.69 Å². The summed E-state index contributed by atoms with van der Waals surface area (Å²) in [6.45, 7) is 0. The fourth-order valence-electron chi connectivity index (χ4n) is 2.42. The molecule has 3 rings (SSSR count). The number of nitrogens with two attached hydrogens (primary N) is 1. The molecule has 2 N–H and O–H groups in total. The van der Waals surface area contributed by atoms with E-state index in [9.17, 15) is 13.2 Å². The standard InChI is InChI=1S/C14H12F3N3.ClH/c15-14(16,17)13-5-8(3-4-19-13)12-6-10-9(7-20-12)1-2-11(10)18;/h3-7,11H,1-2,18H2;1H. The first-order valence-electron chi connectivity index (χ1n) is 6.23. The summed E-state index contributed by atoms with van der Waals surface area (Å²) in [6, 6.07) is 4.25. The van der Waals surface area contributed by atoms with E-state index >= 15 is 0 Å². The van der Waals surface area contributed by atoms with Crippen LogP contribution in [0.15, 0.2) is 30.6 Å². The Morgan fingerprint density at radius 3 is 2.67 bits per heavy atom. The van der Waals surface area contributed by atoms with Crippen LogP contribution in [0.5, 0.6) is 0 Å². The van der Waals surface area contributed by atoms with Gasteiger partial charge in [-0.15, -0.1) is 12.4 Å². The topological polar surface area (TPSA) is 51.8 Å². The normalized spacial score (nSPS) is 17.2. The van der Waals surface area contributed by atoms with Crippen molar-refractivity contribution in [3.05, 3.63) is 47.4 Å². The van der Waals surface area contributed by atoms with Crippen molar-refractivity contribution < 1.29 is 13.2 Å². The molecule has 0 radical (unpaired) electrons. The van der Waals surface area contributed by atoms with Crippen LogP contribution in [-0.2, 0) is 12.6 Å². The van der Waals surface area contributed by atoms with E-state index in [1.165, 1.54) is 6.07 Å². The van der Waals surface area contributed by atoms with Crippen molar-refractivity contribution in [2.24, 2.45) is 5.73 Å². The van der Waals surface area contributed by atoms with Gasteiger partial charge in [0.2, 0.25) is 0 Å². The summed E-state index contributed by atoms with van der Waals surface area (Å²) < 4.78 is 38.0. The summed E-state index contributed by atoms with van der Waals surface area (Å²) in [6.07, 6.45) is 0.111. The summed E-state index contributed by atoms with van der Waals surface area (Å²) in [4.78, 5) is 7.57. The Bertz CT molecular complexity index is 658. The molecule has 0 aromatic carbocycles. The number of rotatable bonds is 1. The molecule has 112 valence electrons. The van der Waals surface area contributed by atoms with Crippen molar-refractivity contribution in [2.75, 3.05) is 0 Å². The molecule has 3 nitrogen and oxygen atoms in total. The zero-order valence-electron chi connectivity index (χ0n) is 10.9. The van der Waals surface area contributed by atoms with Crippen molar-refractivity contribution in [1.82, 2.24) is 9.97 Å². The Morgan fingerprint density at radius 2 is 1.95 bits per heavy atom. The first-order chi connectivity index (χ1) is 9.45. The number of halogens is 4. The zero-order chi connectivity index (χ0) is 14.3. The highest BCUT2D eigenvalue weighted by Gasteiger charge is 2.32. The van der Waals surface area contributed by atoms with Gasteiger partial charge in [-0.3, -0.25) is 9.97 Å². The number of pyridine rings is 2. The second-order valence-electron chi connectivity index (χ2n) is 4.84. The van der Waals surface area contributed by atoms with Crippen LogP contribution in [0.1, 0.15) is 29.3 Å². The highest BCUT2D eigenvalue weighted by atomic mass is 35.5. The summed E-state index contributed by atoms with van der Waals surface area (Å²) in [5, 5.41) is 0. The fraction of sp³-hybridized carbons (Fsp3) is 0.286. The molecule has 0 fully saturated rings. The first-order valence-corrected chi connectivity index (χ1v) is 6.23. The molecule has 0 saturated carbocycles. The van der Waals surface area contributed by atoms with Gasteiger partial charge in [-0.1, -0.05) is 0 Å². The summed E-state index contributed by atoms with van der Waals surface area (Å²) in [5.41, 5.74) is 8.00. The highest BCUT2D eigenvalue weighted by Crippen LogP contribution is 2.33. The van der Waals surface area contributed by atoms with Gasteiger partial charge < -0.3 is 5.73 Å². The van der Waals surface area contributed by atoms with Crippen molar-refractivity contribution in [3.8, 4) is 11.3 Å². The van der Waals surface area contributed by atoms with Crippen molar-refractivity contribution in [1.29, 1.82) is 0 Å². The number of hydrogen-bond donors (Lipinski definition) is 1. The van der Waals surface area contributed by atoms with Gasteiger partial charge in [-0.25, -0.2) is 0 Å². The Balaban J connectivity index is 0.00000161. The lowest BCUT2D eigenvalue weighted by Gasteiger charge is -2.09. The fourth-order valence-corrected chi connectivity index (χ4v) is 2.42. The SMILES string of the molecule is Cl.NC1CCc2cnc(-c3ccnc(C(F)(F)F)c3)cc21. The highest BCUT2D eigenvalue weighted by molar-refractivity contribution is 5.85. The average molecular weight is 316 g/mol. The summed E-state index contributed by atoms with van der Waals surface area (Å²) >= 11 is 0. The van der Waals surface area contributed by atoms with Crippen LogP contribution in [0.2, 0.25) is 0 Å². The van der Waals surface area contributed by atoms with Crippen LogP contribution in [0.4, 0.5) is 13.2 Å². The van der Waals surface area contributed by atoms with Crippen LogP contribution < -0.4 is 5.73 Å². The summed E-state index contributed by atoms with van der Waals surface area (Å²) in [7, 11) is 0. The minimum Gasteiger partial charge on any atom is -0.324 e. The lowest BCUT2D eigenvalue weighted by Crippen LogP contribution is -2.08. The molecule has 1 atom stereocenters. The molecule has 0 bridgehead atoms. The number of nitrogens with zero attached hydrogens (tertiary/aromatic N) is 2. The smallest absolute Gasteiger partial charge is 0.324 e. The molecule has 1 aliphatic carbocycles. The largest absolute Gasteiger partial charge is 0.433 e. The van der Waals surface area contributed by atoms with Crippen molar-refractivity contribution in [2.45, 2.75) is 25.1 Å². The predicted octanol–water partition coefficient (Wildman–Crippen LogP) is 3.53. The Morgan fingerprint density at radius 1 is 1.19 bits per heavy atom. The van der Waals surface area contributed by atoms with E-state index < -0.39 is 11.9 Å². The van der Waals surface area contributed by atoms with E-state index in [0.29, 0.717) is 11.3 Å². The van der Waals surface area contributed by atoms with Crippen molar-refractivity contribution >= 4 is 12.4 Å². The third-order valence-corrected chi connectivity index (χ3v) is 3.49. The van der Waals surface area contributed by atoms with E-state index in [2.05, 4.69) is 9.97 Å². The van der Waals surface area contributed by atoms with E-state index in [1.807, 2.05) is 0 Å². The molecule has 0 saturated heterocycles. The van der Waals surface area contributed by atoms with Crippen LogP contribution >= 0.6 is 12.4 Å². The number of alkyl halides is 3. The van der Waals surface area contributed by atoms with Gasteiger partial charge in [-0.2, -0.15) is 13.2 Å². The maximum absolute atomic E-state index is 12.7. The van der Waals surface area contributed by atoms with Gasteiger partial charge in [0.25, 0.3) is 0 Å². The molecule has 1 aliphatic rings. The van der Waals surface area contributed by atoms with E-state index in [4.69, 9.17) is 5.73 Å². The molecule has 2 aromatic rings. The second kappa shape index (κ2) is 5.61. The van der Waals surface area contributed by atoms with Crippen LogP contribution in [0.25, 0.3) is 11.3 Å². The Hall–Kier alpha value is -1.66. The van der Waals surface area contributed by atoms with Crippen LogP contribution in [0, 0.1) is 0 Å². The van der Waals surface area contributed by atoms with Gasteiger partial charge in [0.1, 0.15) is 5.69 Å². The molecule has 21 heavy (non-hydrogen) atoms. The minimum absolute atomic E-state index is 0. The zero-order valence-corrected chi connectivity index (χ0v) is 11.7. The van der Waals surface area contributed by atoms with Crippen LogP contribution in [0.3, 0.4) is 0 Å². The van der Waals surface area contributed by atoms with Crippen molar-refractivity contribution in [3.63, 3.8) is 0 Å². The van der Waals surface area contributed by atoms with E-state index in [1.54, 1.807) is 12.3 Å². The molecule has 0 aliphatic heterocycles. The van der Waals surface area contributed by atoms with Gasteiger partial charge >= 0.3 is 6.18 Å². The van der Waals surface area contributed by atoms with Crippen LogP contribution in [-0.4, -0.2) is 9.97 Å². The van der Waals surface area contributed by atoms with E-state index in [-0.39, 0.29) is 18.4 Å². The Kier molecular flexibility index (Phi) is 4.20. The first kappa shape index (κ1) is 15.7. The third kappa shape index (κ3) is 3.01. The van der Waals surface area contributed by atoms with Gasteiger partial charge in [-0.05, 0) is 42.2 Å². The quantitative estimate of drug-likeness (QED) is 0.876. The van der Waals surface area contributed by atoms with E-state index in [0.717, 1.165) is 36.2 Å². The molecule has 1 unspecified atom stereocenters. The predicted molar refractivity (Wildman–Crippen MR) is 75.0 cm³/mol. The molecule has 2 heterocycles. The maximum atomic E-state index is 12.7. The third-order valence-electron chi connectivity index (χ3n) is 3.49. The lowest BCUT2D eigenvalue weighted by atomic mass is 10.1. The van der Waals surface area contributed by atoms with Gasteiger partial charge in [0.15, 0.2) is 0 Å². The number of fused-ring (bicyclic) bond motifs is 1. The second-order valence-corrected chi connectivity index (χ2v) is 4.84. The number of hydrogen-bond acceptors (Lipinski definition) is 3.